The second-order valence-corrected chi connectivity index (χ2v) is 9.89. The van der Waals surface area contributed by atoms with E-state index in [2.05, 4.69) is 56.9 Å². The van der Waals surface area contributed by atoms with Crippen molar-refractivity contribution in [2.24, 2.45) is 0 Å². The SMILES string of the molecule is CC1(C)OB(c2ccc(OC3CC4CCC(C3)N4C3COC3)cc2)OC1(C)C. The van der Waals surface area contributed by atoms with Gasteiger partial charge in [0.1, 0.15) is 11.9 Å². The first-order chi connectivity index (χ1) is 13.3. The zero-order chi connectivity index (χ0) is 19.5. The predicted molar refractivity (Wildman–Crippen MR) is 109 cm³/mol. The molecule has 4 aliphatic rings. The van der Waals surface area contributed by atoms with Crippen molar-refractivity contribution in [1.82, 2.24) is 4.90 Å². The fourth-order valence-corrected chi connectivity index (χ4v) is 5.13. The number of ether oxygens (including phenoxy) is 2. The van der Waals surface area contributed by atoms with E-state index in [1.54, 1.807) is 0 Å². The van der Waals surface area contributed by atoms with Crippen molar-refractivity contribution in [1.29, 1.82) is 0 Å². The number of hydrogen-bond acceptors (Lipinski definition) is 5. The van der Waals surface area contributed by atoms with Crippen molar-refractivity contribution in [3.05, 3.63) is 24.3 Å². The molecule has 0 amide bonds. The van der Waals surface area contributed by atoms with Crippen LogP contribution in [0.5, 0.6) is 5.75 Å². The number of rotatable bonds is 4. The van der Waals surface area contributed by atoms with Gasteiger partial charge >= 0.3 is 7.12 Å². The molecule has 4 aliphatic heterocycles. The van der Waals surface area contributed by atoms with Crippen LogP contribution < -0.4 is 10.2 Å². The lowest BCUT2D eigenvalue weighted by Crippen LogP contribution is -2.57. The van der Waals surface area contributed by atoms with Crippen LogP contribution in [0.3, 0.4) is 0 Å². The summed E-state index contributed by atoms with van der Waals surface area (Å²) < 4.78 is 24.1. The molecule has 2 atom stereocenters. The molecule has 6 heteroatoms. The molecule has 1 aromatic rings. The summed E-state index contributed by atoms with van der Waals surface area (Å²) in [5.41, 5.74) is 0.419. The van der Waals surface area contributed by atoms with Crippen LogP contribution in [0, 0.1) is 0 Å². The largest absolute Gasteiger partial charge is 0.494 e. The second kappa shape index (κ2) is 6.73. The Morgan fingerprint density at radius 3 is 1.96 bits per heavy atom. The van der Waals surface area contributed by atoms with E-state index in [4.69, 9.17) is 18.8 Å². The summed E-state index contributed by atoms with van der Waals surface area (Å²) in [6.45, 7) is 10.2. The third-order valence-electron chi connectivity index (χ3n) is 7.50. The van der Waals surface area contributed by atoms with Gasteiger partial charge in [0.2, 0.25) is 0 Å². The second-order valence-electron chi connectivity index (χ2n) is 9.89. The quantitative estimate of drug-likeness (QED) is 0.746. The predicted octanol–water partition coefficient (Wildman–Crippen LogP) is 2.76. The Bertz CT molecular complexity index is 688. The zero-order valence-electron chi connectivity index (χ0n) is 17.5. The molecule has 5 rings (SSSR count). The van der Waals surface area contributed by atoms with Crippen LogP contribution in [0.25, 0.3) is 0 Å². The standard InChI is InChI=1S/C22H32BNO4/c1-21(2)22(3,4)28-23(27-21)15-5-9-19(10-6-15)26-20-11-16-7-8-17(12-20)24(16)18-13-25-14-18/h5-6,9-10,16-18,20H,7-8,11-14H2,1-4H3. The van der Waals surface area contributed by atoms with Crippen LogP contribution >= 0.6 is 0 Å². The number of piperidine rings is 1. The highest BCUT2D eigenvalue weighted by Crippen LogP contribution is 2.40. The van der Waals surface area contributed by atoms with E-state index in [1.165, 1.54) is 12.8 Å². The molecule has 0 radical (unpaired) electrons. The summed E-state index contributed by atoms with van der Waals surface area (Å²) in [5, 5.41) is 0. The third-order valence-corrected chi connectivity index (χ3v) is 7.50. The lowest BCUT2D eigenvalue weighted by Gasteiger charge is -2.46. The molecule has 28 heavy (non-hydrogen) atoms. The first-order valence-corrected chi connectivity index (χ1v) is 10.8. The molecule has 2 unspecified atom stereocenters. The maximum atomic E-state index is 6.38. The van der Waals surface area contributed by atoms with Crippen LogP contribution in [0.1, 0.15) is 53.4 Å². The van der Waals surface area contributed by atoms with Crippen LogP contribution in [-0.2, 0) is 14.0 Å². The fourth-order valence-electron chi connectivity index (χ4n) is 5.13. The van der Waals surface area contributed by atoms with Gasteiger partial charge in [0.25, 0.3) is 0 Å². The highest BCUT2D eigenvalue weighted by atomic mass is 16.7. The average Bonchev–Trinajstić information content (AvgIpc) is 2.95. The summed E-state index contributed by atoms with van der Waals surface area (Å²) in [5.74, 6) is 0.949. The van der Waals surface area contributed by atoms with E-state index >= 15 is 0 Å². The highest BCUT2D eigenvalue weighted by molar-refractivity contribution is 6.62. The molecule has 0 N–H and O–H groups in total. The van der Waals surface area contributed by atoms with Crippen LogP contribution in [0.15, 0.2) is 24.3 Å². The summed E-state index contributed by atoms with van der Waals surface area (Å²) in [4.78, 5) is 2.73. The van der Waals surface area contributed by atoms with Gasteiger partial charge in [0.05, 0.1) is 30.5 Å². The molecule has 0 aromatic heterocycles. The minimum Gasteiger partial charge on any atom is -0.490 e. The van der Waals surface area contributed by atoms with Gasteiger partial charge in [0, 0.05) is 12.1 Å². The van der Waals surface area contributed by atoms with Crippen molar-refractivity contribution < 1.29 is 18.8 Å². The first-order valence-electron chi connectivity index (χ1n) is 10.8. The number of fused-ring (bicyclic) bond motifs is 2. The monoisotopic (exact) mass is 385 g/mol. The molecule has 152 valence electrons. The zero-order valence-corrected chi connectivity index (χ0v) is 17.5. The van der Waals surface area contributed by atoms with E-state index in [-0.39, 0.29) is 18.3 Å². The lowest BCUT2D eigenvalue weighted by atomic mass is 9.79. The molecule has 0 saturated carbocycles. The maximum Gasteiger partial charge on any atom is 0.494 e. The molecule has 5 nitrogen and oxygen atoms in total. The van der Waals surface area contributed by atoms with Crippen molar-refractivity contribution in [2.75, 3.05) is 13.2 Å². The van der Waals surface area contributed by atoms with E-state index in [1.807, 2.05) is 0 Å². The normalized spacial score (nSPS) is 34.4. The molecule has 0 spiro atoms. The average molecular weight is 385 g/mol. The Hall–Kier alpha value is -1.08. The topological polar surface area (TPSA) is 40.2 Å². The minimum atomic E-state index is -0.317. The number of hydrogen-bond donors (Lipinski definition) is 0. The summed E-state index contributed by atoms with van der Waals surface area (Å²) in [6, 6.07) is 10.3. The van der Waals surface area contributed by atoms with E-state index in [0.29, 0.717) is 24.2 Å². The summed E-state index contributed by atoms with van der Waals surface area (Å²) in [6.07, 6.45) is 5.19. The first kappa shape index (κ1) is 18.9. The number of nitrogens with zero attached hydrogens (tertiary/aromatic N) is 1. The van der Waals surface area contributed by atoms with Crippen LogP contribution in [0.4, 0.5) is 0 Å². The Morgan fingerprint density at radius 1 is 0.893 bits per heavy atom. The Balaban J connectivity index is 1.21. The van der Waals surface area contributed by atoms with Gasteiger partial charge in [-0.15, -0.1) is 0 Å². The van der Waals surface area contributed by atoms with Crippen LogP contribution in [0.2, 0.25) is 0 Å². The summed E-state index contributed by atoms with van der Waals surface area (Å²) >= 11 is 0. The van der Waals surface area contributed by atoms with Crippen molar-refractivity contribution >= 4 is 12.6 Å². The molecule has 4 saturated heterocycles. The van der Waals surface area contributed by atoms with Crippen molar-refractivity contribution in [3.8, 4) is 5.75 Å². The Labute approximate surface area is 168 Å². The van der Waals surface area contributed by atoms with Gasteiger partial charge < -0.3 is 18.8 Å². The van der Waals surface area contributed by atoms with Gasteiger partial charge in [-0.3, -0.25) is 4.90 Å². The van der Waals surface area contributed by atoms with Gasteiger partial charge in [0.15, 0.2) is 0 Å². The smallest absolute Gasteiger partial charge is 0.490 e. The molecule has 4 heterocycles. The summed E-state index contributed by atoms with van der Waals surface area (Å²) in [7, 11) is -0.317. The Kier molecular flexibility index (Phi) is 4.55. The molecule has 4 fully saturated rings. The van der Waals surface area contributed by atoms with E-state index in [0.717, 1.165) is 37.3 Å². The van der Waals surface area contributed by atoms with E-state index < -0.39 is 0 Å². The van der Waals surface area contributed by atoms with Crippen LogP contribution in [-0.4, -0.2) is 60.7 Å². The van der Waals surface area contributed by atoms with Gasteiger partial charge in [-0.2, -0.15) is 0 Å². The third kappa shape index (κ3) is 3.19. The molecule has 2 bridgehead atoms. The molecular formula is C22H32BNO4. The lowest BCUT2D eigenvalue weighted by molar-refractivity contribution is -0.102. The number of benzene rings is 1. The molecule has 0 aliphatic carbocycles. The Morgan fingerprint density at radius 2 is 1.46 bits per heavy atom. The molecule has 1 aromatic carbocycles. The van der Waals surface area contributed by atoms with E-state index in [9.17, 15) is 0 Å². The van der Waals surface area contributed by atoms with Gasteiger partial charge in [-0.1, -0.05) is 12.1 Å². The minimum absolute atomic E-state index is 0.314. The van der Waals surface area contributed by atoms with Crippen molar-refractivity contribution in [2.45, 2.75) is 88.8 Å². The molecular weight excluding hydrogens is 353 g/mol. The highest BCUT2D eigenvalue weighted by Gasteiger charge is 2.51. The van der Waals surface area contributed by atoms with Crippen molar-refractivity contribution in [3.63, 3.8) is 0 Å². The van der Waals surface area contributed by atoms with Gasteiger partial charge in [-0.05, 0) is 71.0 Å². The van der Waals surface area contributed by atoms with Gasteiger partial charge in [-0.25, -0.2) is 0 Å². The maximum absolute atomic E-state index is 6.38. The fraction of sp³-hybridized carbons (Fsp3) is 0.727.